The second-order valence-electron chi connectivity index (χ2n) is 9.61. The van der Waals surface area contributed by atoms with Gasteiger partial charge >= 0.3 is 0 Å². The van der Waals surface area contributed by atoms with Crippen molar-refractivity contribution in [2.75, 3.05) is 11.9 Å². The van der Waals surface area contributed by atoms with Crippen molar-refractivity contribution in [3.63, 3.8) is 0 Å². The molecule has 0 saturated heterocycles. The van der Waals surface area contributed by atoms with Crippen LogP contribution in [0.3, 0.4) is 0 Å². The molecule has 1 aliphatic rings. The van der Waals surface area contributed by atoms with E-state index in [-0.39, 0.29) is 0 Å². The first kappa shape index (κ1) is 20.1. The summed E-state index contributed by atoms with van der Waals surface area (Å²) >= 11 is 0. The molecule has 0 aliphatic carbocycles. The van der Waals surface area contributed by atoms with Gasteiger partial charge in [-0.2, -0.15) is 0 Å². The van der Waals surface area contributed by atoms with E-state index >= 15 is 0 Å². The molecule has 2 nitrogen and oxygen atoms in total. The van der Waals surface area contributed by atoms with Gasteiger partial charge in [-0.1, -0.05) is 78.9 Å². The largest absolute Gasteiger partial charge is 0.370 e. The number of benzene rings is 5. The van der Waals surface area contributed by atoms with Gasteiger partial charge < -0.3 is 9.47 Å². The lowest BCUT2D eigenvalue weighted by Gasteiger charge is -2.20. The van der Waals surface area contributed by atoms with Crippen molar-refractivity contribution in [3.05, 3.63) is 132 Å². The maximum Gasteiger partial charge on any atom is 0.0544 e. The zero-order valence-electron chi connectivity index (χ0n) is 19.8. The summed E-state index contributed by atoms with van der Waals surface area (Å²) < 4.78 is 2.43. The number of rotatable bonds is 0. The second kappa shape index (κ2) is 7.89. The highest BCUT2D eigenvalue weighted by Crippen LogP contribution is 2.35. The summed E-state index contributed by atoms with van der Waals surface area (Å²) in [7, 11) is 2.19. The fraction of sp³-hybridized carbons (Fsp3) is 0.0909. The second-order valence-corrected chi connectivity index (χ2v) is 9.61. The van der Waals surface area contributed by atoms with Gasteiger partial charge in [0, 0.05) is 35.7 Å². The molecule has 0 N–H and O–H groups in total. The van der Waals surface area contributed by atoms with Gasteiger partial charge in [0.15, 0.2) is 0 Å². The summed E-state index contributed by atoms with van der Waals surface area (Å²) in [6.07, 6.45) is 0.909. The number of fused-ring (bicyclic) bond motifs is 11. The highest BCUT2D eigenvalue weighted by Gasteiger charge is 2.15. The quantitative estimate of drug-likeness (QED) is 0.228. The molecule has 6 bridgehead atoms. The molecule has 6 aromatic rings. The number of nitrogens with zero attached hydrogens (tertiary/aromatic N) is 2. The third kappa shape index (κ3) is 3.33. The van der Waals surface area contributed by atoms with Crippen LogP contribution in [0.4, 0.5) is 5.69 Å². The predicted octanol–water partition coefficient (Wildman–Crippen LogP) is 7.99. The summed E-state index contributed by atoms with van der Waals surface area (Å²) in [5, 5.41) is 2.59. The Hall–Kier alpha value is -4.30. The van der Waals surface area contributed by atoms with E-state index in [1.807, 2.05) is 0 Å². The lowest BCUT2D eigenvalue weighted by Crippen LogP contribution is -2.16. The maximum absolute atomic E-state index is 2.43. The van der Waals surface area contributed by atoms with E-state index in [0.29, 0.717) is 0 Å². The number of anilines is 1. The molecule has 0 radical (unpaired) electrons. The van der Waals surface area contributed by atoms with Crippen LogP contribution in [0.2, 0.25) is 0 Å². The van der Waals surface area contributed by atoms with Gasteiger partial charge in [-0.15, -0.1) is 0 Å². The van der Waals surface area contributed by atoms with Crippen molar-refractivity contribution < 1.29 is 0 Å². The van der Waals surface area contributed by atoms with Crippen molar-refractivity contribution in [2.45, 2.75) is 13.0 Å². The molecule has 0 fully saturated rings. The van der Waals surface area contributed by atoms with E-state index in [1.165, 1.54) is 61.0 Å². The first-order chi connectivity index (χ1) is 17.2. The average Bonchev–Trinajstić information content (AvgIpc) is 3.22. The van der Waals surface area contributed by atoms with Crippen LogP contribution in [0.1, 0.15) is 16.7 Å². The van der Waals surface area contributed by atoms with Gasteiger partial charge in [-0.25, -0.2) is 0 Å². The maximum atomic E-state index is 2.43. The van der Waals surface area contributed by atoms with E-state index in [2.05, 4.69) is 132 Å². The van der Waals surface area contributed by atoms with E-state index < -0.39 is 0 Å². The molecule has 0 amide bonds. The van der Waals surface area contributed by atoms with Crippen molar-refractivity contribution in [1.29, 1.82) is 0 Å². The molecule has 2 heterocycles. The van der Waals surface area contributed by atoms with E-state index in [4.69, 9.17) is 0 Å². The van der Waals surface area contributed by atoms with Crippen molar-refractivity contribution in [1.82, 2.24) is 4.57 Å². The summed E-state index contributed by atoms with van der Waals surface area (Å²) in [5.74, 6) is 0. The van der Waals surface area contributed by atoms with Crippen LogP contribution < -0.4 is 4.90 Å². The Morgan fingerprint density at radius 1 is 0.571 bits per heavy atom. The molecule has 168 valence electrons. The van der Waals surface area contributed by atoms with Crippen LogP contribution >= 0.6 is 0 Å². The summed E-state index contributed by atoms with van der Waals surface area (Å²) in [6, 6.07) is 42.5. The summed E-state index contributed by atoms with van der Waals surface area (Å²) in [5.41, 5.74) is 11.5. The number of hydrogen-bond donors (Lipinski definition) is 0. The summed E-state index contributed by atoms with van der Waals surface area (Å²) in [6.45, 7) is 0.859. The molecular weight excluding hydrogens is 424 g/mol. The Balaban J connectivity index is 1.56. The fourth-order valence-corrected chi connectivity index (χ4v) is 5.65. The van der Waals surface area contributed by atoms with Crippen LogP contribution in [0.15, 0.2) is 115 Å². The van der Waals surface area contributed by atoms with Gasteiger partial charge in [-0.3, -0.25) is 0 Å². The standard InChI is InChI=1S/C33H26N2/c1-34-22-24-16-17-31-30-14-4-5-15-32(30)35(33(31)20-24)28-12-7-10-26(21-28)29-13-3-2-9-25(29)18-23-8-6-11-27(34)19-23/h2-17,19-21H,18,22H2,1H3. The van der Waals surface area contributed by atoms with Crippen molar-refractivity contribution in [3.8, 4) is 16.8 Å². The van der Waals surface area contributed by atoms with Crippen molar-refractivity contribution >= 4 is 27.5 Å². The highest BCUT2D eigenvalue weighted by molar-refractivity contribution is 6.09. The third-order valence-electron chi connectivity index (χ3n) is 7.34. The van der Waals surface area contributed by atoms with Gasteiger partial charge in [-0.05, 0) is 70.6 Å². The summed E-state index contributed by atoms with van der Waals surface area (Å²) in [4.78, 5) is 2.35. The zero-order valence-corrected chi connectivity index (χ0v) is 19.8. The van der Waals surface area contributed by atoms with Crippen LogP contribution in [0.5, 0.6) is 0 Å². The number of hydrogen-bond acceptors (Lipinski definition) is 1. The monoisotopic (exact) mass is 450 g/mol. The average molecular weight is 451 g/mol. The molecule has 1 aliphatic heterocycles. The lowest BCUT2D eigenvalue weighted by atomic mass is 9.94. The van der Waals surface area contributed by atoms with Crippen molar-refractivity contribution in [2.24, 2.45) is 0 Å². The molecule has 0 unspecified atom stereocenters. The van der Waals surface area contributed by atoms with Gasteiger partial charge in [0.25, 0.3) is 0 Å². The topological polar surface area (TPSA) is 8.17 Å². The first-order valence-electron chi connectivity index (χ1n) is 12.3. The Morgan fingerprint density at radius 3 is 2.34 bits per heavy atom. The molecule has 0 saturated carbocycles. The van der Waals surface area contributed by atoms with Crippen LogP contribution in [0, 0.1) is 0 Å². The fourth-order valence-electron chi connectivity index (χ4n) is 5.65. The van der Waals surface area contributed by atoms with Gasteiger partial charge in [0.2, 0.25) is 0 Å². The van der Waals surface area contributed by atoms with E-state index in [0.717, 1.165) is 13.0 Å². The highest BCUT2D eigenvalue weighted by atomic mass is 15.1. The van der Waals surface area contributed by atoms with Crippen LogP contribution in [-0.2, 0) is 13.0 Å². The van der Waals surface area contributed by atoms with Crippen LogP contribution in [-0.4, -0.2) is 11.6 Å². The Morgan fingerprint density at radius 2 is 1.37 bits per heavy atom. The number of para-hydroxylation sites is 1. The van der Waals surface area contributed by atoms with Gasteiger partial charge in [0.05, 0.1) is 11.0 Å². The Labute approximate surface area is 205 Å². The molecule has 0 atom stereocenters. The number of aromatic nitrogens is 1. The molecular formula is C33H26N2. The van der Waals surface area contributed by atoms with E-state index in [1.54, 1.807) is 0 Å². The molecule has 5 aromatic carbocycles. The first-order valence-corrected chi connectivity index (χ1v) is 12.3. The molecule has 0 spiro atoms. The SMILES string of the molecule is CN1Cc2ccc3c4ccccc4n(c3c2)-c2cccc(c2)-c2ccccc2Cc2cccc1c2. The predicted molar refractivity (Wildman–Crippen MR) is 148 cm³/mol. The van der Waals surface area contributed by atoms with E-state index in [9.17, 15) is 0 Å². The zero-order chi connectivity index (χ0) is 23.4. The molecule has 35 heavy (non-hydrogen) atoms. The molecule has 1 aromatic heterocycles. The van der Waals surface area contributed by atoms with Crippen LogP contribution in [0.25, 0.3) is 38.6 Å². The Kier molecular flexibility index (Phi) is 4.53. The minimum Gasteiger partial charge on any atom is -0.370 e. The lowest BCUT2D eigenvalue weighted by molar-refractivity contribution is 0.921. The normalized spacial score (nSPS) is 13.0. The minimum atomic E-state index is 0.859. The molecule has 7 rings (SSSR count). The minimum absolute atomic E-state index is 0.859. The Bertz CT molecular complexity index is 1720. The molecule has 2 heteroatoms. The van der Waals surface area contributed by atoms with Gasteiger partial charge in [0.1, 0.15) is 0 Å². The smallest absolute Gasteiger partial charge is 0.0544 e. The third-order valence-corrected chi connectivity index (χ3v) is 7.34.